The largest absolute Gasteiger partial charge is 0.309 e. The van der Waals surface area contributed by atoms with Crippen LogP contribution in [0.2, 0.25) is 0 Å². The SMILES string of the molecule is CCc1cc(NC(=O)CCSc2ccc(C)c(C)c2)n[nH]1. The molecule has 112 valence electrons. The molecule has 0 fully saturated rings. The number of thioether (sulfide) groups is 1. The van der Waals surface area contributed by atoms with Gasteiger partial charge in [-0.15, -0.1) is 11.8 Å². The van der Waals surface area contributed by atoms with E-state index >= 15 is 0 Å². The molecule has 1 heterocycles. The first-order valence-electron chi connectivity index (χ1n) is 7.12. The van der Waals surface area contributed by atoms with E-state index in [4.69, 9.17) is 0 Å². The lowest BCUT2D eigenvalue weighted by Gasteiger charge is -2.05. The summed E-state index contributed by atoms with van der Waals surface area (Å²) in [7, 11) is 0. The van der Waals surface area contributed by atoms with Crippen LogP contribution in [0.4, 0.5) is 5.82 Å². The van der Waals surface area contributed by atoms with Crippen molar-refractivity contribution in [3.05, 3.63) is 41.1 Å². The van der Waals surface area contributed by atoms with Gasteiger partial charge in [0.15, 0.2) is 5.82 Å². The van der Waals surface area contributed by atoms with Crippen molar-refractivity contribution in [2.24, 2.45) is 0 Å². The third-order valence-corrected chi connectivity index (χ3v) is 4.35. The minimum Gasteiger partial charge on any atom is -0.309 e. The van der Waals surface area contributed by atoms with Crippen LogP contribution >= 0.6 is 11.8 Å². The molecule has 21 heavy (non-hydrogen) atoms. The predicted octanol–water partition coefficient (Wildman–Crippen LogP) is 3.71. The monoisotopic (exact) mass is 303 g/mol. The summed E-state index contributed by atoms with van der Waals surface area (Å²) >= 11 is 1.70. The van der Waals surface area contributed by atoms with Crippen molar-refractivity contribution in [2.75, 3.05) is 11.1 Å². The molecule has 4 nitrogen and oxygen atoms in total. The Morgan fingerprint density at radius 1 is 1.29 bits per heavy atom. The summed E-state index contributed by atoms with van der Waals surface area (Å²) < 4.78 is 0. The van der Waals surface area contributed by atoms with Crippen molar-refractivity contribution < 1.29 is 4.79 Å². The van der Waals surface area contributed by atoms with Crippen LogP contribution in [-0.2, 0) is 11.2 Å². The van der Waals surface area contributed by atoms with Crippen molar-refractivity contribution in [2.45, 2.75) is 38.5 Å². The van der Waals surface area contributed by atoms with Crippen LogP contribution in [0, 0.1) is 13.8 Å². The summed E-state index contributed by atoms with van der Waals surface area (Å²) in [4.78, 5) is 13.1. The quantitative estimate of drug-likeness (QED) is 0.800. The summed E-state index contributed by atoms with van der Waals surface area (Å²) in [6.45, 7) is 6.25. The fourth-order valence-corrected chi connectivity index (χ4v) is 2.82. The van der Waals surface area contributed by atoms with Gasteiger partial charge in [-0.05, 0) is 43.5 Å². The Bertz CT molecular complexity index is 622. The van der Waals surface area contributed by atoms with Gasteiger partial charge in [-0.2, -0.15) is 5.10 Å². The first-order chi connectivity index (χ1) is 10.1. The van der Waals surface area contributed by atoms with Crippen LogP contribution in [0.3, 0.4) is 0 Å². The molecule has 0 aliphatic heterocycles. The number of carbonyl (C=O) groups excluding carboxylic acids is 1. The maximum Gasteiger partial charge on any atom is 0.226 e. The van der Waals surface area contributed by atoms with E-state index in [0.717, 1.165) is 17.9 Å². The normalized spacial score (nSPS) is 10.6. The lowest BCUT2D eigenvalue weighted by molar-refractivity contribution is -0.115. The Labute approximate surface area is 129 Å². The van der Waals surface area contributed by atoms with Crippen molar-refractivity contribution >= 4 is 23.5 Å². The standard InChI is InChI=1S/C16H21N3OS/c1-4-13-10-15(19-18-13)17-16(20)7-8-21-14-6-5-11(2)12(3)9-14/h5-6,9-10H,4,7-8H2,1-3H3,(H2,17,18,19,20). The van der Waals surface area contributed by atoms with Gasteiger partial charge in [0.1, 0.15) is 0 Å². The molecule has 1 aromatic carbocycles. The summed E-state index contributed by atoms with van der Waals surface area (Å²) in [5, 5.41) is 9.74. The number of hydrogen-bond donors (Lipinski definition) is 2. The predicted molar refractivity (Wildman–Crippen MR) is 87.9 cm³/mol. The van der Waals surface area contributed by atoms with E-state index in [9.17, 15) is 4.79 Å². The van der Waals surface area contributed by atoms with Gasteiger partial charge >= 0.3 is 0 Å². The van der Waals surface area contributed by atoms with Gasteiger partial charge < -0.3 is 5.32 Å². The number of H-pyrrole nitrogens is 1. The second-order valence-electron chi connectivity index (χ2n) is 5.02. The number of hydrogen-bond acceptors (Lipinski definition) is 3. The van der Waals surface area contributed by atoms with Gasteiger partial charge in [0.25, 0.3) is 0 Å². The molecule has 2 aromatic rings. The minimum atomic E-state index is 0.000451. The molecule has 5 heteroatoms. The molecule has 2 rings (SSSR count). The number of aromatic nitrogens is 2. The Morgan fingerprint density at radius 3 is 2.76 bits per heavy atom. The van der Waals surface area contributed by atoms with Crippen LogP contribution in [0.25, 0.3) is 0 Å². The lowest BCUT2D eigenvalue weighted by Crippen LogP contribution is -2.12. The summed E-state index contributed by atoms with van der Waals surface area (Å²) in [6, 6.07) is 8.26. The molecule has 2 N–H and O–H groups in total. The van der Waals surface area contributed by atoms with Crippen molar-refractivity contribution in [3.8, 4) is 0 Å². The highest BCUT2D eigenvalue weighted by molar-refractivity contribution is 7.99. The zero-order valence-electron chi connectivity index (χ0n) is 12.7. The van der Waals surface area contributed by atoms with E-state index in [0.29, 0.717) is 12.2 Å². The Hall–Kier alpha value is -1.75. The highest BCUT2D eigenvalue weighted by Crippen LogP contribution is 2.21. The number of aryl methyl sites for hydroxylation is 3. The number of carbonyl (C=O) groups is 1. The molecule has 0 atom stereocenters. The third-order valence-electron chi connectivity index (χ3n) is 3.36. The van der Waals surface area contributed by atoms with Crippen molar-refractivity contribution in [1.29, 1.82) is 0 Å². The van der Waals surface area contributed by atoms with Crippen molar-refractivity contribution in [3.63, 3.8) is 0 Å². The fourth-order valence-electron chi connectivity index (χ4n) is 1.88. The average molecular weight is 303 g/mol. The number of aromatic amines is 1. The summed E-state index contributed by atoms with van der Waals surface area (Å²) in [5.41, 5.74) is 3.60. The van der Waals surface area contributed by atoms with Crippen LogP contribution < -0.4 is 5.32 Å². The summed E-state index contributed by atoms with van der Waals surface area (Å²) in [6.07, 6.45) is 1.36. The van der Waals surface area contributed by atoms with Crippen LogP contribution in [0.15, 0.2) is 29.2 Å². The molecule has 0 spiro atoms. The third kappa shape index (κ3) is 4.63. The number of amides is 1. The van der Waals surface area contributed by atoms with E-state index in [1.807, 2.05) is 13.0 Å². The van der Waals surface area contributed by atoms with E-state index in [-0.39, 0.29) is 5.91 Å². The van der Waals surface area contributed by atoms with Gasteiger partial charge in [0.05, 0.1) is 0 Å². The zero-order chi connectivity index (χ0) is 15.2. The van der Waals surface area contributed by atoms with Crippen LogP contribution in [-0.4, -0.2) is 21.9 Å². The number of nitrogens with zero attached hydrogens (tertiary/aromatic N) is 1. The second-order valence-corrected chi connectivity index (χ2v) is 6.19. The van der Waals surface area contributed by atoms with E-state index in [1.165, 1.54) is 16.0 Å². The maximum atomic E-state index is 11.8. The van der Waals surface area contributed by atoms with Crippen LogP contribution in [0.5, 0.6) is 0 Å². The average Bonchev–Trinajstić information content (AvgIpc) is 2.90. The van der Waals surface area contributed by atoms with Crippen LogP contribution in [0.1, 0.15) is 30.2 Å². The fraction of sp³-hybridized carbons (Fsp3) is 0.375. The van der Waals surface area contributed by atoms with E-state index < -0.39 is 0 Å². The van der Waals surface area contributed by atoms with Gasteiger partial charge in [-0.3, -0.25) is 9.89 Å². The highest BCUT2D eigenvalue weighted by Gasteiger charge is 2.06. The Kier molecular flexibility index (Phi) is 5.44. The number of benzene rings is 1. The second kappa shape index (κ2) is 7.31. The topological polar surface area (TPSA) is 57.8 Å². The first kappa shape index (κ1) is 15.6. The molecule has 0 saturated heterocycles. The minimum absolute atomic E-state index is 0.000451. The molecule has 0 unspecified atom stereocenters. The molecular formula is C16H21N3OS. The number of anilines is 1. The smallest absolute Gasteiger partial charge is 0.226 e. The molecule has 0 radical (unpaired) electrons. The summed E-state index contributed by atoms with van der Waals surface area (Å²) in [5.74, 6) is 1.37. The lowest BCUT2D eigenvalue weighted by atomic mass is 10.1. The molecule has 0 aliphatic rings. The first-order valence-corrected chi connectivity index (χ1v) is 8.11. The van der Waals surface area contributed by atoms with Crippen molar-refractivity contribution in [1.82, 2.24) is 10.2 Å². The van der Waals surface area contributed by atoms with E-state index in [2.05, 4.69) is 47.6 Å². The van der Waals surface area contributed by atoms with Gasteiger partial charge in [-0.1, -0.05) is 13.0 Å². The number of rotatable bonds is 6. The van der Waals surface area contributed by atoms with Gasteiger partial charge in [0.2, 0.25) is 5.91 Å². The van der Waals surface area contributed by atoms with Gasteiger partial charge in [-0.25, -0.2) is 0 Å². The molecule has 0 aliphatic carbocycles. The molecule has 1 aromatic heterocycles. The van der Waals surface area contributed by atoms with Gasteiger partial charge in [0, 0.05) is 28.8 Å². The zero-order valence-corrected chi connectivity index (χ0v) is 13.5. The molecule has 1 amide bonds. The maximum absolute atomic E-state index is 11.8. The highest BCUT2D eigenvalue weighted by atomic mass is 32.2. The van der Waals surface area contributed by atoms with E-state index in [1.54, 1.807) is 11.8 Å². The Morgan fingerprint density at radius 2 is 2.10 bits per heavy atom. The molecule has 0 saturated carbocycles. The molecular weight excluding hydrogens is 282 g/mol. The molecule has 0 bridgehead atoms. The number of nitrogens with one attached hydrogen (secondary N) is 2. The Balaban J connectivity index is 1.77.